The largest absolute Gasteiger partial charge is 0.462 e. The Morgan fingerprint density at radius 3 is 2.74 bits per heavy atom. The van der Waals surface area contributed by atoms with E-state index in [-0.39, 0.29) is 11.7 Å². The van der Waals surface area contributed by atoms with E-state index in [4.69, 9.17) is 4.74 Å². The van der Waals surface area contributed by atoms with Crippen LogP contribution in [0.4, 0.5) is 5.00 Å². The number of amides is 1. The average molecular weight is 465 g/mol. The summed E-state index contributed by atoms with van der Waals surface area (Å²) < 4.78 is 7.10. The van der Waals surface area contributed by atoms with Gasteiger partial charge >= 0.3 is 5.97 Å². The van der Waals surface area contributed by atoms with E-state index in [9.17, 15) is 9.59 Å². The number of hydrogen-bond donors (Lipinski definition) is 1. The summed E-state index contributed by atoms with van der Waals surface area (Å²) in [5.41, 5.74) is 0.422. The molecule has 0 spiro atoms. The van der Waals surface area contributed by atoms with E-state index in [1.807, 2.05) is 18.5 Å². The molecule has 1 saturated carbocycles. The summed E-state index contributed by atoms with van der Waals surface area (Å²) in [7, 11) is 1.96. The highest BCUT2D eigenvalue weighted by Gasteiger charge is 2.20. The van der Waals surface area contributed by atoms with Gasteiger partial charge in [0.25, 0.3) is 0 Å². The van der Waals surface area contributed by atoms with Gasteiger partial charge in [0, 0.05) is 18.3 Å². The Morgan fingerprint density at radius 1 is 1.26 bits per heavy atom. The number of aryl methyl sites for hydroxylation is 2. The molecule has 2 aromatic rings. The summed E-state index contributed by atoms with van der Waals surface area (Å²) >= 11 is 2.78. The first-order valence-corrected chi connectivity index (χ1v) is 12.9. The number of esters is 1. The lowest BCUT2D eigenvalue weighted by molar-refractivity contribution is -0.113. The van der Waals surface area contributed by atoms with Crippen molar-refractivity contribution in [1.82, 2.24) is 14.8 Å². The molecular formula is C22H32N4O3S2. The molecule has 1 N–H and O–H groups in total. The zero-order valence-corrected chi connectivity index (χ0v) is 20.2. The van der Waals surface area contributed by atoms with E-state index in [0.29, 0.717) is 17.2 Å². The average Bonchev–Trinajstić information content (AvgIpc) is 3.34. The third-order valence-electron chi connectivity index (χ3n) is 5.64. The predicted molar refractivity (Wildman–Crippen MR) is 125 cm³/mol. The number of aromatic nitrogens is 3. The van der Waals surface area contributed by atoms with E-state index in [0.717, 1.165) is 41.0 Å². The van der Waals surface area contributed by atoms with Crippen LogP contribution in [-0.2, 0) is 29.4 Å². The second-order valence-corrected chi connectivity index (χ2v) is 9.95. The van der Waals surface area contributed by atoms with Crippen LogP contribution in [0.25, 0.3) is 0 Å². The number of hydrogen-bond acceptors (Lipinski definition) is 7. The number of thiophene rings is 1. The quantitative estimate of drug-likeness (QED) is 0.399. The lowest BCUT2D eigenvalue weighted by Crippen LogP contribution is -2.16. The van der Waals surface area contributed by atoms with Crippen molar-refractivity contribution in [3.8, 4) is 0 Å². The minimum atomic E-state index is -0.405. The number of carbonyl (C=O) groups excluding carboxylic acids is 2. The number of carbonyl (C=O) groups is 2. The Labute approximate surface area is 192 Å². The van der Waals surface area contributed by atoms with Gasteiger partial charge in [0.2, 0.25) is 5.91 Å². The Hall–Kier alpha value is -1.87. The fraction of sp³-hybridized carbons (Fsp3) is 0.636. The van der Waals surface area contributed by atoms with E-state index in [1.54, 1.807) is 13.0 Å². The number of nitrogens with one attached hydrogen (secondary N) is 1. The monoisotopic (exact) mass is 464 g/mol. The summed E-state index contributed by atoms with van der Waals surface area (Å²) in [6, 6.07) is 1.80. The van der Waals surface area contributed by atoms with Gasteiger partial charge in [0.1, 0.15) is 10.8 Å². The summed E-state index contributed by atoms with van der Waals surface area (Å²) in [5.74, 6) is 1.41. The van der Waals surface area contributed by atoms with Gasteiger partial charge < -0.3 is 14.6 Å². The molecule has 170 valence electrons. The number of thioether (sulfide) groups is 1. The van der Waals surface area contributed by atoms with Crippen molar-refractivity contribution in [1.29, 1.82) is 0 Å². The molecule has 1 fully saturated rings. The van der Waals surface area contributed by atoms with Gasteiger partial charge in [-0.3, -0.25) is 4.79 Å². The van der Waals surface area contributed by atoms with Gasteiger partial charge in [-0.15, -0.1) is 21.5 Å². The summed E-state index contributed by atoms with van der Waals surface area (Å²) in [6.45, 7) is 4.08. The van der Waals surface area contributed by atoms with Gasteiger partial charge in [0.05, 0.1) is 17.9 Å². The Morgan fingerprint density at radius 2 is 2.03 bits per heavy atom. The SMILES string of the molecule is CCOC(=O)c1cc(CC)sc1NC(=O)CSc1nnc(CCC2CCCCC2)n1C. The smallest absolute Gasteiger partial charge is 0.341 e. The van der Waals surface area contributed by atoms with Gasteiger partial charge in [0.15, 0.2) is 5.16 Å². The summed E-state index contributed by atoms with van der Waals surface area (Å²) in [4.78, 5) is 25.7. The fourth-order valence-corrected chi connectivity index (χ4v) is 5.59. The first-order valence-electron chi connectivity index (χ1n) is 11.1. The number of ether oxygens (including phenoxy) is 1. The van der Waals surface area contributed by atoms with Crippen LogP contribution in [0.1, 0.15) is 73.4 Å². The van der Waals surface area contributed by atoms with Crippen LogP contribution in [0.2, 0.25) is 0 Å². The molecule has 0 saturated heterocycles. The molecule has 0 atom stereocenters. The molecule has 31 heavy (non-hydrogen) atoms. The molecule has 1 amide bonds. The molecule has 0 aromatic carbocycles. The van der Waals surface area contributed by atoms with Crippen molar-refractivity contribution in [3.63, 3.8) is 0 Å². The van der Waals surface area contributed by atoms with Gasteiger partial charge in [-0.05, 0) is 31.7 Å². The maximum Gasteiger partial charge on any atom is 0.341 e. The predicted octanol–water partition coefficient (Wildman–Crippen LogP) is 4.86. The molecule has 0 unspecified atom stereocenters. The second kappa shape index (κ2) is 11.7. The first kappa shape index (κ1) is 23.8. The van der Waals surface area contributed by atoms with E-state index < -0.39 is 5.97 Å². The van der Waals surface area contributed by atoms with Gasteiger partial charge in [-0.25, -0.2) is 4.79 Å². The standard InChI is InChI=1S/C22H32N4O3S2/c1-4-16-13-17(21(28)29-5-2)20(31-16)23-19(27)14-30-22-25-24-18(26(22)3)12-11-15-9-7-6-8-10-15/h13,15H,4-12,14H2,1-3H3,(H,23,27). The zero-order chi connectivity index (χ0) is 22.2. The second-order valence-electron chi connectivity index (χ2n) is 7.87. The topological polar surface area (TPSA) is 86.1 Å². The highest BCUT2D eigenvalue weighted by molar-refractivity contribution is 7.99. The van der Waals surface area contributed by atoms with Crippen molar-refractivity contribution < 1.29 is 14.3 Å². The first-order chi connectivity index (χ1) is 15.0. The van der Waals surface area contributed by atoms with Crippen molar-refractivity contribution >= 4 is 40.0 Å². The van der Waals surface area contributed by atoms with E-state index in [2.05, 4.69) is 15.5 Å². The highest BCUT2D eigenvalue weighted by atomic mass is 32.2. The third-order valence-corrected chi connectivity index (χ3v) is 7.85. The fourth-order valence-electron chi connectivity index (χ4n) is 3.86. The molecule has 1 aliphatic carbocycles. The Kier molecular flexibility index (Phi) is 8.95. The maximum atomic E-state index is 12.5. The molecular weight excluding hydrogens is 432 g/mol. The van der Waals surface area contributed by atoms with Crippen LogP contribution in [-0.4, -0.2) is 39.0 Å². The van der Waals surface area contributed by atoms with Crippen molar-refractivity contribution in [2.45, 2.75) is 70.4 Å². The van der Waals surface area contributed by atoms with Crippen LogP contribution in [0.3, 0.4) is 0 Å². The van der Waals surface area contributed by atoms with Crippen molar-refractivity contribution in [2.75, 3.05) is 17.7 Å². The molecule has 3 rings (SSSR count). The Balaban J connectivity index is 1.53. The lowest BCUT2D eigenvalue weighted by atomic mass is 9.86. The number of anilines is 1. The minimum Gasteiger partial charge on any atom is -0.462 e. The van der Waals surface area contributed by atoms with Crippen LogP contribution in [0, 0.1) is 5.92 Å². The number of nitrogens with zero attached hydrogens (tertiary/aromatic N) is 3. The van der Waals surface area contributed by atoms with E-state index >= 15 is 0 Å². The Bertz CT molecular complexity index is 887. The van der Waals surface area contributed by atoms with E-state index in [1.165, 1.54) is 55.2 Å². The van der Waals surface area contributed by atoms with Crippen molar-refractivity contribution in [2.24, 2.45) is 13.0 Å². The van der Waals surface area contributed by atoms with Crippen LogP contribution in [0.15, 0.2) is 11.2 Å². The third kappa shape index (κ3) is 6.55. The maximum absolute atomic E-state index is 12.5. The molecule has 0 aliphatic heterocycles. The van der Waals surface area contributed by atoms with Gasteiger partial charge in [-0.2, -0.15) is 0 Å². The normalized spacial score (nSPS) is 14.5. The zero-order valence-electron chi connectivity index (χ0n) is 18.6. The van der Waals surface area contributed by atoms with Gasteiger partial charge in [-0.1, -0.05) is 50.8 Å². The summed E-state index contributed by atoms with van der Waals surface area (Å²) in [5, 5.41) is 12.8. The minimum absolute atomic E-state index is 0.174. The number of rotatable bonds is 10. The molecule has 7 nitrogen and oxygen atoms in total. The molecule has 2 aromatic heterocycles. The molecule has 9 heteroatoms. The lowest BCUT2D eigenvalue weighted by Gasteiger charge is -2.20. The van der Waals surface area contributed by atoms with Crippen molar-refractivity contribution in [3.05, 3.63) is 22.3 Å². The van der Waals surface area contributed by atoms with Crippen LogP contribution in [0.5, 0.6) is 0 Å². The molecule has 2 heterocycles. The van der Waals surface area contributed by atoms with Crippen LogP contribution >= 0.6 is 23.1 Å². The molecule has 0 bridgehead atoms. The summed E-state index contributed by atoms with van der Waals surface area (Å²) in [6.07, 6.45) is 9.61. The molecule has 0 radical (unpaired) electrons. The molecule has 1 aliphatic rings. The highest BCUT2D eigenvalue weighted by Crippen LogP contribution is 2.30. The van der Waals surface area contributed by atoms with Crippen LogP contribution < -0.4 is 5.32 Å².